The summed E-state index contributed by atoms with van der Waals surface area (Å²) >= 11 is 6.12. The Hall–Kier alpha value is -2.41. The lowest BCUT2D eigenvalue weighted by molar-refractivity contribution is -0.136. The summed E-state index contributed by atoms with van der Waals surface area (Å²) in [4.78, 5) is 27.7. The van der Waals surface area contributed by atoms with Crippen molar-refractivity contribution in [3.63, 3.8) is 0 Å². The number of benzene rings is 1. The van der Waals surface area contributed by atoms with Crippen LogP contribution in [0.5, 0.6) is 0 Å². The summed E-state index contributed by atoms with van der Waals surface area (Å²) < 4.78 is 1.80. The van der Waals surface area contributed by atoms with Crippen molar-refractivity contribution in [2.24, 2.45) is 0 Å². The van der Waals surface area contributed by atoms with Crippen LogP contribution in [-0.2, 0) is 22.6 Å². The minimum absolute atomic E-state index is 0.0670. The Balaban J connectivity index is 1.30. The molecular weight excluding hydrogens is 354 g/mol. The van der Waals surface area contributed by atoms with Crippen LogP contribution in [0.1, 0.15) is 30.1 Å². The molecule has 0 bridgehead atoms. The molecule has 1 aromatic carbocycles. The first-order valence-corrected chi connectivity index (χ1v) is 9.17. The summed E-state index contributed by atoms with van der Waals surface area (Å²) in [6.45, 7) is 2.55. The van der Waals surface area contributed by atoms with E-state index in [4.69, 9.17) is 11.6 Å². The number of nitrogens with zero attached hydrogens (tertiary/aromatic N) is 5. The SMILES string of the molecule is O=C1CCCN1Cc1cn(C2CN(C(=O)Cc3ccccc3Cl)C2)nn1. The topological polar surface area (TPSA) is 71.3 Å². The van der Waals surface area contributed by atoms with E-state index in [0.717, 1.165) is 24.2 Å². The first-order chi connectivity index (χ1) is 12.6. The summed E-state index contributed by atoms with van der Waals surface area (Å²) in [5.41, 5.74) is 1.64. The van der Waals surface area contributed by atoms with Crippen molar-refractivity contribution in [1.82, 2.24) is 24.8 Å². The van der Waals surface area contributed by atoms with Crippen LogP contribution in [0.25, 0.3) is 0 Å². The number of amides is 2. The molecule has 0 radical (unpaired) electrons. The van der Waals surface area contributed by atoms with E-state index in [9.17, 15) is 9.59 Å². The molecule has 0 atom stereocenters. The predicted molar refractivity (Wildman–Crippen MR) is 95.4 cm³/mol. The standard InChI is InChI=1S/C18H20ClN5O2/c19-16-5-2-1-4-13(16)8-18(26)23-11-15(12-23)24-10-14(20-21-24)9-22-7-3-6-17(22)25/h1-2,4-5,10,15H,3,6-9,11-12H2. The summed E-state index contributed by atoms with van der Waals surface area (Å²) in [6, 6.07) is 7.55. The van der Waals surface area contributed by atoms with Gasteiger partial charge in [-0.2, -0.15) is 0 Å². The zero-order chi connectivity index (χ0) is 18.1. The van der Waals surface area contributed by atoms with Crippen LogP contribution in [0.2, 0.25) is 5.02 Å². The van der Waals surface area contributed by atoms with Crippen molar-refractivity contribution in [2.75, 3.05) is 19.6 Å². The Morgan fingerprint density at radius 3 is 2.81 bits per heavy atom. The lowest BCUT2D eigenvalue weighted by Gasteiger charge is -2.39. The Kier molecular flexibility index (Phi) is 4.63. The third kappa shape index (κ3) is 3.44. The number of halogens is 1. The van der Waals surface area contributed by atoms with Gasteiger partial charge in [-0.25, -0.2) is 4.68 Å². The van der Waals surface area contributed by atoms with Gasteiger partial charge in [0.2, 0.25) is 11.8 Å². The first-order valence-electron chi connectivity index (χ1n) is 8.80. The number of hydrogen-bond donors (Lipinski definition) is 0. The van der Waals surface area contributed by atoms with Crippen molar-refractivity contribution in [2.45, 2.75) is 31.8 Å². The number of carbonyl (C=O) groups is 2. The fourth-order valence-corrected chi connectivity index (χ4v) is 3.58. The highest BCUT2D eigenvalue weighted by atomic mass is 35.5. The van der Waals surface area contributed by atoms with E-state index in [1.807, 2.05) is 29.3 Å². The van der Waals surface area contributed by atoms with Gasteiger partial charge in [-0.05, 0) is 18.1 Å². The highest BCUT2D eigenvalue weighted by Gasteiger charge is 2.33. The third-order valence-electron chi connectivity index (χ3n) is 4.97. The first kappa shape index (κ1) is 17.0. The van der Waals surface area contributed by atoms with Crippen LogP contribution < -0.4 is 0 Å². The van der Waals surface area contributed by atoms with Crippen LogP contribution >= 0.6 is 11.6 Å². The fraction of sp³-hybridized carbons (Fsp3) is 0.444. The molecule has 136 valence electrons. The van der Waals surface area contributed by atoms with Gasteiger partial charge in [-0.1, -0.05) is 35.0 Å². The number of aromatic nitrogens is 3. The highest BCUT2D eigenvalue weighted by molar-refractivity contribution is 6.31. The Labute approximate surface area is 156 Å². The van der Waals surface area contributed by atoms with E-state index in [-0.39, 0.29) is 17.9 Å². The van der Waals surface area contributed by atoms with Crippen LogP contribution in [0.15, 0.2) is 30.5 Å². The van der Waals surface area contributed by atoms with Gasteiger partial charge >= 0.3 is 0 Å². The molecule has 0 saturated carbocycles. The molecule has 0 spiro atoms. The average molecular weight is 374 g/mol. The van der Waals surface area contributed by atoms with Gasteiger partial charge in [0.05, 0.1) is 25.2 Å². The smallest absolute Gasteiger partial charge is 0.227 e. The van der Waals surface area contributed by atoms with Crippen molar-refractivity contribution in [1.29, 1.82) is 0 Å². The van der Waals surface area contributed by atoms with Gasteiger partial charge in [-0.15, -0.1) is 5.10 Å². The lowest BCUT2D eigenvalue weighted by Crippen LogP contribution is -2.51. The van der Waals surface area contributed by atoms with E-state index < -0.39 is 0 Å². The summed E-state index contributed by atoms with van der Waals surface area (Å²) in [6.07, 6.45) is 3.73. The van der Waals surface area contributed by atoms with Gasteiger partial charge in [0.15, 0.2) is 0 Å². The van der Waals surface area contributed by atoms with E-state index in [0.29, 0.717) is 37.5 Å². The molecule has 1 aromatic heterocycles. The Morgan fingerprint density at radius 1 is 1.27 bits per heavy atom. The molecule has 0 unspecified atom stereocenters. The molecule has 2 saturated heterocycles. The highest BCUT2D eigenvalue weighted by Crippen LogP contribution is 2.23. The second-order valence-electron chi connectivity index (χ2n) is 6.83. The Bertz CT molecular complexity index is 830. The molecule has 0 aliphatic carbocycles. The van der Waals surface area contributed by atoms with Gasteiger partial charge in [0.1, 0.15) is 5.69 Å². The molecular formula is C18H20ClN5O2. The number of hydrogen-bond acceptors (Lipinski definition) is 4. The maximum absolute atomic E-state index is 12.4. The third-order valence-corrected chi connectivity index (χ3v) is 5.34. The molecule has 3 heterocycles. The lowest BCUT2D eigenvalue weighted by atomic mass is 10.1. The second kappa shape index (κ2) is 7.07. The number of carbonyl (C=O) groups excluding carboxylic acids is 2. The number of likely N-dealkylation sites (tertiary alicyclic amines) is 2. The van der Waals surface area contributed by atoms with Crippen molar-refractivity contribution < 1.29 is 9.59 Å². The van der Waals surface area contributed by atoms with E-state index in [1.165, 1.54) is 0 Å². The maximum atomic E-state index is 12.4. The van der Waals surface area contributed by atoms with Crippen molar-refractivity contribution in [3.8, 4) is 0 Å². The predicted octanol–water partition coefficient (Wildman–Crippen LogP) is 1.68. The normalized spacial score (nSPS) is 17.7. The van der Waals surface area contributed by atoms with Gasteiger partial charge < -0.3 is 9.80 Å². The van der Waals surface area contributed by atoms with Gasteiger partial charge in [0.25, 0.3) is 0 Å². The molecule has 0 N–H and O–H groups in total. The van der Waals surface area contributed by atoms with Crippen molar-refractivity contribution in [3.05, 3.63) is 46.7 Å². The summed E-state index contributed by atoms with van der Waals surface area (Å²) in [5, 5.41) is 8.95. The van der Waals surface area contributed by atoms with Crippen LogP contribution in [-0.4, -0.2) is 56.2 Å². The quantitative estimate of drug-likeness (QED) is 0.799. The molecule has 7 nitrogen and oxygen atoms in total. The summed E-state index contributed by atoms with van der Waals surface area (Å²) in [5.74, 6) is 0.247. The van der Waals surface area contributed by atoms with Crippen LogP contribution in [0.3, 0.4) is 0 Å². The van der Waals surface area contributed by atoms with Gasteiger partial charge in [-0.3, -0.25) is 9.59 Å². The molecule has 2 aromatic rings. The zero-order valence-electron chi connectivity index (χ0n) is 14.3. The van der Waals surface area contributed by atoms with Crippen molar-refractivity contribution >= 4 is 23.4 Å². The number of rotatable bonds is 5. The molecule has 2 aliphatic rings. The fourth-order valence-electron chi connectivity index (χ4n) is 3.37. The molecule has 8 heteroatoms. The van der Waals surface area contributed by atoms with Gasteiger partial charge in [0, 0.05) is 31.1 Å². The molecule has 2 fully saturated rings. The minimum Gasteiger partial charge on any atom is -0.338 e. The average Bonchev–Trinajstić information content (AvgIpc) is 3.19. The van der Waals surface area contributed by atoms with E-state index in [1.54, 1.807) is 15.6 Å². The summed E-state index contributed by atoms with van der Waals surface area (Å²) in [7, 11) is 0. The molecule has 4 rings (SSSR count). The van der Waals surface area contributed by atoms with E-state index >= 15 is 0 Å². The minimum atomic E-state index is 0.0670. The molecule has 26 heavy (non-hydrogen) atoms. The second-order valence-corrected chi connectivity index (χ2v) is 7.24. The van der Waals surface area contributed by atoms with Crippen LogP contribution in [0, 0.1) is 0 Å². The molecule has 2 aliphatic heterocycles. The zero-order valence-corrected chi connectivity index (χ0v) is 15.1. The van der Waals surface area contributed by atoms with E-state index in [2.05, 4.69) is 10.3 Å². The van der Waals surface area contributed by atoms with Crippen LogP contribution in [0.4, 0.5) is 0 Å². The largest absolute Gasteiger partial charge is 0.338 e. The molecule has 2 amide bonds. The monoisotopic (exact) mass is 373 g/mol. The Morgan fingerprint density at radius 2 is 2.08 bits per heavy atom. The maximum Gasteiger partial charge on any atom is 0.227 e.